The van der Waals surface area contributed by atoms with Crippen molar-refractivity contribution in [3.63, 3.8) is 0 Å². The van der Waals surface area contributed by atoms with Crippen LogP contribution in [0.5, 0.6) is 0 Å². The number of hydrogen-bond donors (Lipinski definition) is 1. The molecule has 0 aromatic heterocycles. The van der Waals surface area contributed by atoms with Gasteiger partial charge in [-0.1, -0.05) is 23.7 Å². The molecule has 1 fully saturated rings. The van der Waals surface area contributed by atoms with Crippen molar-refractivity contribution >= 4 is 23.4 Å². The Morgan fingerprint density at radius 1 is 1.56 bits per heavy atom. The van der Waals surface area contributed by atoms with Gasteiger partial charge in [0, 0.05) is 16.3 Å². The van der Waals surface area contributed by atoms with Gasteiger partial charge in [0.25, 0.3) is 0 Å². The summed E-state index contributed by atoms with van der Waals surface area (Å²) in [4.78, 5) is 0. The molecule has 3 heteroatoms. The first kappa shape index (κ1) is 12.3. The second-order valence-electron chi connectivity index (χ2n) is 4.28. The van der Waals surface area contributed by atoms with Gasteiger partial charge in [0.1, 0.15) is 0 Å². The zero-order chi connectivity index (χ0) is 11.4. The fraction of sp³-hybridized carbons (Fsp3) is 0.538. The summed E-state index contributed by atoms with van der Waals surface area (Å²) in [5, 5.41) is 5.05. The Morgan fingerprint density at radius 2 is 2.44 bits per heavy atom. The molecule has 0 radical (unpaired) electrons. The van der Waals surface area contributed by atoms with E-state index in [1.54, 1.807) is 0 Å². The molecule has 88 valence electrons. The second-order valence-corrected chi connectivity index (χ2v) is 6.06. The van der Waals surface area contributed by atoms with Crippen molar-refractivity contribution in [2.75, 3.05) is 12.8 Å². The first-order valence-corrected chi connectivity index (χ1v) is 7.25. The molecule has 16 heavy (non-hydrogen) atoms. The van der Waals surface area contributed by atoms with Crippen molar-refractivity contribution in [2.45, 2.75) is 30.6 Å². The summed E-state index contributed by atoms with van der Waals surface area (Å²) in [5.74, 6) is 1.32. The fourth-order valence-corrected chi connectivity index (χ4v) is 3.90. The maximum absolute atomic E-state index is 6.01. The minimum absolute atomic E-state index is 0.575. The lowest BCUT2D eigenvalue weighted by Crippen LogP contribution is -2.36. The molecule has 2 rings (SSSR count). The van der Waals surface area contributed by atoms with Gasteiger partial charge in [-0.15, -0.1) is 0 Å². The Balaban J connectivity index is 2.00. The smallest absolute Gasteiger partial charge is 0.0408 e. The maximum Gasteiger partial charge on any atom is 0.0408 e. The lowest BCUT2D eigenvalue weighted by Gasteiger charge is -2.22. The van der Waals surface area contributed by atoms with E-state index >= 15 is 0 Å². The summed E-state index contributed by atoms with van der Waals surface area (Å²) in [5.41, 5.74) is 1.33. The van der Waals surface area contributed by atoms with Crippen molar-refractivity contribution in [3.05, 3.63) is 34.9 Å². The van der Waals surface area contributed by atoms with Crippen molar-refractivity contribution in [3.8, 4) is 0 Å². The molecule has 1 nitrogen and oxygen atoms in total. The molecule has 0 amide bonds. The van der Waals surface area contributed by atoms with Crippen LogP contribution < -0.4 is 5.32 Å². The largest absolute Gasteiger partial charge is 0.316 e. The summed E-state index contributed by atoms with van der Waals surface area (Å²) in [6.45, 7) is 0. The number of halogens is 1. The van der Waals surface area contributed by atoms with Gasteiger partial charge in [0.2, 0.25) is 0 Å². The van der Waals surface area contributed by atoms with Crippen molar-refractivity contribution in [2.24, 2.45) is 0 Å². The molecule has 1 N–H and O–H groups in total. The number of hydrogen-bond acceptors (Lipinski definition) is 2. The average molecular weight is 256 g/mol. The molecule has 1 aromatic carbocycles. The summed E-state index contributed by atoms with van der Waals surface area (Å²) >= 11 is 8.11. The van der Waals surface area contributed by atoms with Gasteiger partial charge in [0.05, 0.1) is 0 Å². The topological polar surface area (TPSA) is 12.0 Å². The van der Waals surface area contributed by atoms with Gasteiger partial charge in [-0.2, -0.15) is 11.8 Å². The lowest BCUT2D eigenvalue weighted by molar-refractivity contribution is 0.524. The van der Waals surface area contributed by atoms with E-state index in [1.807, 2.05) is 12.1 Å². The Kier molecular flexibility index (Phi) is 4.56. The minimum atomic E-state index is 0.575. The van der Waals surface area contributed by atoms with E-state index in [1.165, 1.54) is 24.2 Å². The van der Waals surface area contributed by atoms with Crippen molar-refractivity contribution in [1.82, 2.24) is 5.32 Å². The maximum atomic E-state index is 6.01. The molecular formula is C13H18ClNS. The standard InChI is InChI=1S/C13H18ClNS/c1-15-12(13-6-3-7-16-13)9-10-4-2-5-11(14)8-10/h2,4-5,8,12-13,15H,3,6-7,9H2,1H3. The Morgan fingerprint density at radius 3 is 3.06 bits per heavy atom. The zero-order valence-corrected chi connectivity index (χ0v) is 11.2. The average Bonchev–Trinajstić information content (AvgIpc) is 2.79. The molecule has 0 saturated carbocycles. The van der Waals surface area contributed by atoms with Crippen LogP contribution in [-0.4, -0.2) is 24.1 Å². The molecule has 1 heterocycles. The molecule has 1 aliphatic rings. The molecule has 2 unspecified atom stereocenters. The van der Waals surface area contributed by atoms with Gasteiger partial charge >= 0.3 is 0 Å². The molecule has 1 saturated heterocycles. The number of benzene rings is 1. The van der Waals surface area contributed by atoms with E-state index in [0.29, 0.717) is 6.04 Å². The fourth-order valence-electron chi connectivity index (χ4n) is 2.26. The van der Waals surface area contributed by atoms with E-state index in [2.05, 4.69) is 36.3 Å². The summed E-state index contributed by atoms with van der Waals surface area (Å²) in [6, 6.07) is 8.78. The van der Waals surface area contributed by atoms with Crippen LogP contribution in [0.15, 0.2) is 24.3 Å². The van der Waals surface area contributed by atoms with Crippen LogP contribution in [0.3, 0.4) is 0 Å². The van der Waals surface area contributed by atoms with Gasteiger partial charge in [-0.25, -0.2) is 0 Å². The predicted octanol–water partition coefficient (Wildman–Crippen LogP) is 3.37. The van der Waals surface area contributed by atoms with E-state index in [9.17, 15) is 0 Å². The summed E-state index contributed by atoms with van der Waals surface area (Å²) in [6.07, 6.45) is 3.79. The third-order valence-electron chi connectivity index (χ3n) is 3.13. The van der Waals surface area contributed by atoms with E-state index in [0.717, 1.165) is 16.7 Å². The number of likely N-dealkylation sites (N-methyl/N-ethyl adjacent to an activating group) is 1. The molecule has 1 aromatic rings. The molecule has 2 atom stereocenters. The molecular weight excluding hydrogens is 238 g/mol. The minimum Gasteiger partial charge on any atom is -0.316 e. The third-order valence-corrected chi connectivity index (χ3v) is 4.88. The Hall–Kier alpha value is -0.180. The van der Waals surface area contributed by atoms with E-state index < -0.39 is 0 Å². The number of thioether (sulfide) groups is 1. The normalized spacial score (nSPS) is 22.2. The quantitative estimate of drug-likeness (QED) is 0.886. The Labute approximate surface area is 107 Å². The van der Waals surface area contributed by atoms with Crippen LogP contribution in [0.25, 0.3) is 0 Å². The monoisotopic (exact) mass is 255 g/mol. The highest BCUT2D eigenvalue weighted by Gasteiger charge is 2.24. The van der Waals surface area contributed by atoms with Gasteiger partial charge < -0.3 is 5.32 Å². The first-order chi connectivity index (χ1) is 7.79. The van der Waals surface area contributed by atoms with Crippen LogP contribution in [0.1, 0.15) is 18.4 Å². The molecule has 1 aliphatic heterocycles. The lowest BCUT2D eigenvalue weighted by atomic mass is 10.0. The zero-order valence-electron chi connectivity index (χ0n) is 9.58. The van der Waals surface area contributed by atoms with Crippen LogP contribution >= 0.6 is 23.4 Å². The van der Waals surface area contributed by atoms with Crippen LogP contribution in [0.2, 0.25) is 5.02 Å². The molecule has 0 spiro atoms. The SMILES string of the molecule is CNC(Cc1cccc(Cl)c1)C1CCCS1. The van der Waals surface area contributed by atoms with E-state index in [-0.39, 0.29) is 0 Å². The third kappa shape index (κ3) is 3.16. The second kappa shape index (κ2) is 5.95. The number of nitrogens with one attached hydrogen (secondary N) is 1. The Bertz CT molecular complexity index is 336. The first-order valence-electron chi connectivity index (χ1n) is 5.83. The van der Waals surface area contributed by atoms with Gasteiger partial charge in [0.15, 0.2) is 0 Å². The highest BCUT2D eigenvalue weighted by atomic mass is 35.5. The molecule has 0 aliphatic carbocycles. The predicted molar refractivity (Wildman–Crippen MR) is 73.5 cm³/mol. The summed E-state index contributed by atoms with van der Waals surface area (Å²) < 4.78 is 0. The van der Waals surface area contributed by atoms with Crippen LogP contribution in [0, 0.1) is 0 Å². The highest BCUT2D eigenvalue weighted by Crippen LogP contribution is 2.30. The highest BCUT2D eigenvalue weighted by molar-refractivity contribution is 8.00. The van der Waals surface area contributed by atoms with Gasteiger partial charge in [-0.05, 0) is 49.8 Å². The van der Waals surface area contributed by atoms with Crippen LogP contribution in [0.4, 0.5) is 0 Å². The van der Waals surface area contributed by atoms with Crippen LogP contribution in [-0.2, 0) is 6.42 Å². The van der Waals surface area contributed by atoms with Crippen molar-refractivity contribution < 1.29 is 0 Å². The van der Waals surface area contributed by atoms with Gasteiger partial charge in [-0.3, -0.25) is 0 Å². The van der Waals surface area contributed by atoms with Crippen molar-refractivity contribution in [1.29, 1.82) is 0 Å². The van der Waals surface area contributed by atoms with E-state index in [4.69, 9.17) is 11.6 Å². The number of rotatable bonds is 4. The molecule has 0 bridgehead atoms. The summed E-state index contributed by atoms with van der Waals surface area (Å²) in [7, 11) is 2.06.